The summed E-state index contributed by atoms with van der Waals surface area (Å²) in [6.07, 6.45) is 12.9. The minimum Gasteiger partial charge on any atom is -0.508 e. The average molecular weight is 417 g/mol. The molecule has 1 unspecified atom stereocenters. The number of hydrogen-bond donors (Lipinski definition) is 1. The van der Waals surface area contributed by atoms with E-state index < -0.39 is 0 Å². The summed E-state index contributed by atoms with van der Waals surface area (Å²) in [5, 5.41) is 11.1. The van der Waals surface area contributed by atoms with Crippen LogP contribution in [0.1, 0.15) is 96.6 Å². The molecule has 0 saturated heterocycles. The standard InChI is InChI=1S/C26H40O2S/c1-7-8-9-10-13-25(2,3)19-15-22(27)24-20-14-18(17-29-6)11-12-21(20)26(4,5)28-23(24)16-19/h11,15-16,20-21,27H,7-10,12-14,17H2,1-6H3/t20?,21-/m0/s1. The normalized spacial score (nSPS) is 23.0. The molecule has 0 amide bonds. The maximum absolute atomic E-state index is 11.1. The quantitative estimate of drug-likeness (QED) is 0.349. The second-order valence-electron chi connectivity index (χ2n) is 10.3. The Morgan fingerprint density at radius 2 is 1.97 bits per heavy atom. The Bertz CT molecular complexity index is 747. The lowest BCUT2D eigenvalue weighted by Crippen LogP contribution is -2.45. The fourth-order valence-corrected chi connectivity index (χ4v) is 5.90. The van der Waals surface area contributed by atoms with Crippen LogP contribution in [0.25, 0.3) is 0 Å². The molecule has 1 heterocycles. The van der Waals surface area contributed by atoms with Crippen LogP contribution >= 0.6 is 11.8 Å². The monoisotopic (exact) mass is 416 g/mol. The molecule has 3 heteroatoms. The molecular formula is C26H40O2S. The summed E-state index contributed by atoms with van der Waals surface area (Å²) in [4.78, 5) is 0. The zero-order valence-electron chi connectivity index (χ0n) is 19.3. The number of rotatable bonds is 8. The highest BCUT2D eigenvalue weighted by atomic mass is 32.2. The van der Waals surface area contributed by atoms with Gasteiger partial charge in [-0.25, -0.2) is 0 Å². The van der Waals surface area contributed by atoms with E-state index in [4.69, 9.17) is 4.74 Å². The van der Waals surface area contributed by atoms with Crippen molar-refractivity contribution in [2.75, 3.05) is 12.0 Å². The van der Waals surface area contributed by atoms with Crippen LogP contribution < -0.4 is 4.74 Å². The average Bonchev–Trinajstić information content (AvgIpc) is 2.64. The molecule has 1 aliphatic carbocycles. The van der Waals surface area contributed by atoms with Gasteiger partial charge in [0.25, 0.3) is 0 Å². The van der Waals surface area contributed by atoms with Crippen molar-refractivity contribution in [3.8, 4) is 11.5 Å². The van der Waals surface area contributed by atoms with Gasteiger partial charge < -0.3 is 9.84 Å². The molecule has 0 radical (unpaired) electrons. The van der Waals surface area contributed by atoms with E-state index in [1.54, 1.807) is 0 Å². The zero-order valence-corrected chi connectivity index (χ0v) is 20.1. The molecule has 2 nitrogen and oxygen atoms in total. The van der Waals surface area contributed by atoms with Crippen molar-refractivity contribution >= 4 is 11.8 Å². The number of thioether (sulfide) groups is 1. The molecular weight excluding hydrogens is 376 g/mol. The SMILES string of the molecule is CCCCCCC(C)(C)c1cc(O)c2c(c1)OC(C)(C)[C@H]1CC=C(CSC)CC21. The van der Waals surface area contributed by atoms with Gasteiger partial charge in [0.15, 0.2) is 0 Å². The minimum atomic E-state index is -0.213. The van der Waals surface area contributed by atoms with Crippen molar-refractivity contribution in [2.24, 2.45) is 5.92 Å². The molecule has 1 N–H and O–H groups in total. The first-order chi connectivity index (χ1) is 13.7. The molecule has 0 fully saturated rings. The summed E-state index contributed by atoms with van der Waals surface area (Å²) >= 11 is 1.89. The first-order valence-electron chi connectivity index (χ1n) is 11.4. The van der Waals surface area contributed by atoms with Gasteiger partial charge in [-0.3, -0.25) is 0 Å². The summed E-state index contributed by atoms with van der Waals surface area (Å²) in [5.41, 5.74) is 3.60. The number of aromatic hydroxyl groups is 1. The Hall–Kier alpha value is -1.09. The van der Waals surface area contributed by atoms with Crippen LogP contribution in [0, 0.1) is 5.92 Å². The van der Waals surface area contributed by atoms with Crippen LogP contribution in [0.15, 0.2) is 23.8 Å². The third kappa shape index (κ3) is 4.81. The number of fused-ring (bicyclic) bond motifs is 3. The van der Waals surface area contributed by atoms with E-state index in [1.165, 1.54) is 36.8 Å². The predicted molar refractivity (Wildman–Crippen MR) is 127 cm³/mol. The largest absolute Gasteiger partial charge is 0.508 e. The summed E-state index contributed by atoms with van der Waals surface area (Å²) in [7, 11) is 0. The molecule has 2 aliphatic rings. The van der Waals surface area contributed by atoms with Gasteiger partial charge in [0.2, 0.25) is 0 Å². The maximum atomic E-state index is 11.1. The highest BCUT2D eigenvalue weighted by Crippen LogP contribution is 2.55. The number of phenols is 1. The summed E-state index contributed by atoms with van der Waals surface area (Å²) < 4.78 is 6.55. The Kier molecular flexibility index (Phi) is 6.98. The number of unbranched alkanes of at least 4 members (excludes halogenated alkanes) is 3. The first kappa shape index (κ1) is 22.6. The van der Waals surface area contributed by atoms with Gasteiger partial charge >= 0.3 is 0 Å². The first-order valence-corrected chi connectivity index (χ1v) is 12.8. The molecule has 0 bridgehead atoms. The molecule has 2 atom stereocenters. The third-order valence-corrected chi connectivity index (χ3v) is 7.81. The van der Waals surface area contributed by atoms with Crippen LogP contribution in [-0.4, -0.2) is 22.7 Å². The predicted octanol–water partition coefficient (Wildman–Crippen LogP) is 7.59. The van der Waals surface area contributed by atoms with Crippen LogP contribution in [0.2, 0.25) is 0 Å². The van der Waals surface area contributed by atoms with E-state index in [1.807, 2.05) is 17.8 Å². The Morgan fingerprint density at radius 3 is 2.66 bits per heavy atom. The molecule has 162 valence electrons. The fourth-order valence-electron chi connectivity index (χ4n) is 5.30. The van der Waals surface area contributed by atoms with Gasteiger partial charge in [-0.05, 0) is 62.5 Å². The Balaban J connectivity index is 1.92. The third-order valence-electron chi connectivity index (χ3n) is 7.15. The lowest BCUT2D eigenvalue weighted by Gasteiger charge is -2.47. The van der Waals surface area contributed by atoms with Crippen LogP contribution in [0.4, 0.5) is 0 Å². The zero-order chi connectivity index (χ0) is 21.2. The van der Waals surface area contributed by atoms with E-state index in [9.17, 15) is 5.11 Å². The molecule has 0 spiro atoms. The Labute approximate surface area is 182 Å². The molecule has 1 aromatic carbocycles. The summed E-state index contributed by atoms with van der Waals surface area (Å²) in [6.45, 7) is 11.3. The van der Waals surface area contributed by atoms with E-state index in [0.29, 0.717) is 17.6 Å². The Morgan fingerprint density at radius 1 is 1.21 bits per heavy atom. The van der Waals surface area contributed by atoms with Gasteiger partial charge in [0.05, 0.1) is 0 Å². The summed E-state index contributed by atoms with van der Waals surface area (Å²) in [6, 6.07) is 4.27. The lowest BCUT2D eigenvalue weighted by molar-refractivity contribution is 0.00745. The van der Waals surface area contributed by atoms with Crippen molar-refractivity contribution in [1.29, 1.82) is 0 Å². The number of benzene rings is 1. The van der Waals surface area contributed by atoms with Crippen LogP contribution in [0.5, 0.6) is 11.5 Å². The smallest absolute Gasteiger partial charge is 0.127 e. The second kappa shape index (κ2) is 8.96. The van der Waals surface area contributed by atoms with E-state index in [0.717, 1.165) is 36.3 Å². The van der Waals surface area contributed by atoms with Crippen molar-refractivity contribution in [3.63, 3.8) is 0 Å². The molecule has 29 heavy (non-hydrogen) atoms. The second-order valence-corrected chi connectivity index (χ2v) is 11.1. The van der Waals surface area contributed by atoms with Crippen molar-refractivity contribution in [1.82, 2.24) is 0 Å². The molecule has 3 rings (SSSR count). The lowest BCUT2D eigenvalue weighted by atomic mass is 9.66. The van der Waals surface area contributed by atoms with E-state index in [-0.39, 0.29) is 11.0 Å². The minimum absolute atomic E-state index is 0.0427. The number of hydrogen-bond acceptors (Lipinski definition) is 3. The van der Waals surface area contributed by atoms with Gasteiger partial charge in [0, 0.05) is 23.2 Å². The van der Waals surface area contributed by atoms with Gasteiger partial charge in [-0.15, -0.1) is 0 Å². The topological polar surface area (TPSA) is 29.5 Å². The molecule has 1 aromatic rings. The highest BCUT2D eigenvalue weighted by Gasteiger charge is 2.46. The van der Waals surface area contributed by atoms with Crippen molar-refractivity contribution < 1.29 is 9.84 Å². The molecule has 1 aliphatic heterocycles. The van der Waals surface area contributed by atoms with Crippen molar-refractivity contribution in [3.05, 3.63) is 34.9 Å². The van der Waals surface area contributed by atoms with Crippen molar-refractivity contribution in [2.45, 2.75) is 96.5 Å². The van der Waals surface area contributed by atoms with E-state index >= 15 is 0 Å². The molecule has 0 saturated carbocycles. The van der Waals surface area contributed by atoms with E-state index in [2.05, 4.69) is 53.0 Å². The van der Waals surface area contributed by atoms with Gasteiger partial charge in [-0.1, -0.05) is 58.1 Å². The summed E-state index contributed by atoms with van der Waals surface area (Å²) in [5.74, 6) is 3.21. The fraction of sp³-hybridized carbons (Fsp3) is 0.692. The number of phenolic OH excluding ortho intramolecular Hbond substituents is 1. The van der Waals surface area contributed by atoms with Gasteiger partial charge in [0.1, 0.15) is 17.1 Å². The number of ether oxygens (including phenoxy) is 1. The molecule has 0 aromatic heterocycles. The highest BCUT2D eigenvalue weighted by molar-refractivity contribution is 7.98. The van der Waals surface area contributed by atoms with Crippen LogP contribution in [-0.2, 0) is 5.41 Å². The maximum Gasteiger partial charge on any atom is 0.127 e. The van der Waals surface area contributed by atoms with Crippen LogP contribution in [0.3, 0.4) is 0 Å². The number of allylic oxidation sites excluding steroid dienone is 1. The van der Waals surface area contributed by atoms with Gasteiger partial charge in [-0.2, -0.15) is 11.8 Å².